The lowest BCUT2D eigenvalue weighted by Crippen LogP contribution is -2.27. The number of aromatic nitrogens is 5. The summed E-state index contributed by atoms with van der Waals surface area (Å²) >= 11 is 0. The number of hydrogen-bond acceptors (Lipinski definition) is 4. The zero-order valence-corrected chi connectivity index (χ0v) is 12.1. The Hall–Kier alpha value is -3.16. The predicted molar refractivity (Wildman–Crippen MR) is 81.4 cm³/mol. The smallest absolute Gasteiger partial charge is 0.341 e. The molecule has 0 bridgehead atoms. The van der Waals surface area contributed by atoms with E-state index in [1.165, 1.54) is 0 Å². The summed E-state index contributed by atoms with van der Waals surface area (Å²) in [6.45, 7) is 0. The molecule has 0 radical (unpaired) electrons. The Balaban J connectivity index is 1.42. The van der Waals surface area contributed by atoms with Crippen molar-refractivity contribution in [1.82, 2.24) is 30.3 Å². The van der Waals surface area contributed by atoms with Gasteiger partial charge in [0, 0.05) is 18.2 Å². The third-order valence-electron chi connectivity index (χ3n) is 3.87. The summed E-state index contributed by atoms with van der Waals surface area (Å²) in [6, 6.07) is 9.88. The first kappa shape index (κ1) is 13.5. The molecule has 8 heteroatoms. The van der Waals surface area contributed by atoms with Gasteiger partial charge in [0.1, 0.15) is 0 Å². The molecule has 2 heterocycles. The molecule has 23 heavy (non-hydrogen) atoms. The molecule has 1 aliphatic carbocycles. The lowest BCUT2D eigenvalue weighted by atomic mass is 10.2. The lowest BCUT2D eigenvalue weighted by molar-refractivity contribution is 0.0940. The Bertz CT molecular complexity index is 894. The van der Waals surface area contributed by atoms with E-state index in [9.17, 15) is 9.59 Å². The molecule has 116 valence electrons. The number of benzene rings is 1. The van der Waals surface area contributed by atoms with Gasteiger partial charge in [-0.2, -0.15) is 5.10 Å². The van der Waals surface area contributed by atoms with Gasteiger partial charge in [0.25, 0.3) is 5.91 Å². The Morgan fingerprint density at radius 1 is 1.30 bits per heavy atom. The van der Waals surface area contributed by atoms with E-state index in [2.05, 4.69) is 25.6 Å². The van der Waals surface area contributed by atoms with Gasteiger partial charge in [0.15, 0.2) is 0 Å². The minimum atomic E-state index is -0.494. The molecule has 0 spiro atoms. The van der Waals surface area contributed by atoms with Crippen LogP contribution in [0.15, 0.2) is 47.5 Å². The van der Waals surface area contributed by atoms with Crippen LogP contribution in [0.25, 0.3) is 5.69 Å². The van der Waals surface area contributed by atoms with Crippen molar-refractivity contribution < 1.29 is 4.79 Å². The van der Waals surface area contributed by atoms with E-state index in [1.807, 2.05) is 47.4 Å². The molecule has 3 aromatic rings. The van der Waals surface area contributed by atoms with Crippen molar-refractivity contribution in [3.63, 3.8) is 0 Å². The van der Waals surface area contributed by atoms with E-state index >= 15 is 0 Å². The first-order valence-electron chi connectivity index (χ1n) is 7.26. The van der Waals surface area contributed by atoms with Crippen molar-refractivity contribution in [2.45, 2.75) is 18.4 Å². The second-order valence-electron chi connectivity index (χ2n) is 5.50. The fourth-order valence-corrected chi connectivity index (χ4v) is 2.59. The molecule has 1 aromatic carbocycles. The van der Waals surface area contributed by atoms with Crippen LogP contribution in [0.3, 0.4) is 0 Å². The van der Waals surface area contributed by atoms with Gasteiger partial charge in [-0.25, -0.2) is 14.6 Å². The average Bonchev–Trinajstić information content (AvgIpc) is 2.99. The Labute approximate surface area is 130 Å². The second kappa shape index (κ2) is 5.24. The third kappa shape index (κ3) is 2.66. The van der Waals surface area contributed by atoms with Crippen LogP contribution in [-0.2, 0) is 0 Å². The van der Waals surface area contributed by atoms with E-state index in [1.54, 1.807) is 0 Å². The van der Waals surface area contributed by atoms with Gasteiger partial charge in [0.05, 0.1) is 11.9 Å². The fraction of sp³-hybridized carbons (Fsp3) is 0.200. The van der Waals surface area contributed by atoms with Gasteiger partial charge in [-0.05, 0) is 24.1 Å². The van der Waals surface area contributed by atoms with Crippen LogP contribution in [0, 0.1) is 0 Å². The maximum Gasteiger partial charge on any atom is 0.341 e. The highest BCUT2D eigenvalue weighted by atomic mass is 16.2. The Morgan fingerprint density at radius 3 is 2.87 bits per heavy atom. The molecule has 1 aliphatic rings. The first-order valence-corrected chi connectivity index (χ1v) is 7.26. The van der Waals surface area contributed by atoms with E-state index in [0.29, 0.717) is 0 Å². The highest BCUT2D eigenvalue weighted by molar-refractivity contribution is 5.90. The summed E-state index contributed by atoms with van der Waals surface area (Å²) in [7, 11) is 0. The molecule has 2 aromatic heterocycles. The second-order valence-corrected chi connectivity index (χ2v) is 5.50. The molecular weight excluding hydrogens is 296 g/mol. The van der Waals surface area contributed by atoms with Crippen molar-refractivity contribution in [2.24, 2.45) is 0 Å². The maximum atomic E-state index is 11.9. The largest absolute Gasteiger partial charge is 0.346 e. The van der Waals surface area contributed by atoms with Gasteiger partial charge in [-0.3, -0.25) is 9.78 Å². The van der Waals surface area contributed by atoms with Crippen molar-refractivity contribution in [1.29, 1.82) is 0 Å². The van der Waals surface area contributed by atoms with Crippen LogP contribution in [0.2, 0.25) is 0 Å². The number of hydrogen-bond donors (Lipinski definition) is 3. The summed E-state index contributed by atoms with van der Waals surface area (Å²) in [5.41, 5.74) is 1.58. The van der Waals surface area contributed by atoms with E-state index in [0.717, 1.165) is 17.7 Å². The minimum absolute atomic E-state index is 0.000584. The Kier molecular flexibility index (Phi) is 3.07. The predicted octanol–water partition coefficient (Wildman–Crippen LogP) is 0.570. The Morgan fingerprint density at radius 2 is 2.13 bits per heavy atom. The average molecular weight is 310 g/mol. The molecule has 0 unspecified atom stereocenters. The molecule has 0 saturated heterocycles. The number of para-hydroxylation sites is 1. The summed E-state index contributed by atoms with van der Waals surface area (Å²) in [6.07, 6.45) is 4.64. The summed E-state index contributed by atoms with van der Waals surface area (Å²) in [4.78, 5) is 25.2. The standard InChI is InChI=1S/C15H14N6O2/c22-14(13-18-15(23)20-19-13)17-12-6-11(12)9-7-16-21(8-9)10-4-2-1-3-5-10/h1-5,7-8,11-12H,6H2,(H,17,22)(H2,18,19,20,23)/t11-,12+/m0/s1. The summed E-state index contributed by atoms with van der Waals surface area (Å²) < 4.78 is 1.82. The van der Waals surface area contributed by atoms with Crippen LogP contribution in [0.4, 0.5) is 0 Å². The number of carbonyl (C=O) groups is 1. The first-order chi connectivity index (χ1) is 11.2. The number of amides is 1. The van der Waals surface area contributed by atoms with Crippen LogP contribution in [-0.4, -0.2) is 36.9 Å². The molecule has 3 N–H and O–H groups in total. The van der Waals surface area contributed by atoms with E-state index < -0.39 is 5.69 Å². The SMILES string of the molecule is O=C(N[C@@H]1C[C@H]1c1cnn(-c2ccccc2)c1)c1n[nH]c(=O)[nH]1. The molecule has 1 amide bonds. The van der Waals surface area contributed by atoms with Gasteiger partial charge >= 0.3 is 5.69 Å². The zero-order chi connectivity index (χ0) is 15.8. The van der Waals surface area contributed by atoms with Crippen molar-refractivity contribution in [3.05, 3.63) is 64.6 Å². The molecule has 8 nitrogen and oxygen atoms in total. The summed E-state index contributed by atoms with van der Waals surface area (Å²) in [5, 5.41) is 13.0. The number of nitrogens with zero attached hydrogens (tertiary/aromatic N) is 3. The monoisotopic (exact) mass is 310 g/mol. The normalized spacial score (nSPS) is 19.5. The van der Waals surface area contributed by atoms with Crippen molar-refractivity contribution in [2.75, 3.05) is 0 Å². The van der Waals surface area contributed by atoms with E-state index in [-0.39, 0.29) is 23.7 Å². The van der Waals surface area contributed by atoms with Crippen molar-refractivity contribution in [3.8, 4) is 5.69 Å². The molecule has 1 fully saturated rings. The number of nitrogens with one attached hydrogen (secondary N) is 3. The van der Waals surface area contributed by atoms with Crippen molar-refractivity contribution >= 4 is 5.91 Å². The molecule has 2 atom stereocenters. The fourth-order valence-electron chi connectivity index (χ4n) is 2.59. The maximum absolute atomic E-state index is 11.9. The number of aromatic amines is 2. The molecule has 4 rings (SSSR count). The highest BCUT2D eigenvalue weighted by Gasteiger charge is 2.40. The number of H-pyrrole nitrogens is 2. The molecule has 0 aliphatic heterocycles. The lowest BCUT2D eigenvalue weighted by Gasteiger charge is -2.01. The van der Waals surface area contributed by atoms with Crippen LogP contribution >= 0.6 is 0 Å². The summed E-state index contributed by atoms with van der Waals surface area (Å²) in [5.74, 6) is -0.144. The van der Waals surface area contributed by atoms with Gasteiger partial charge in [-0.1, -0.05) is 18.2 Å². The topological polar surface area (TPSA) is 108 Å². The number of rotatable bonds is 4. The van der Waals surface area contributed by atoms with Crippen LogP contribution < -0.4 is 11.0 Å². The number of carbonyl (C=O) groups excluding carboxylic acids is 1. The minimum Gasteiger partial charge on any atom is -0.346 e. The highest BCUT2D eigenvalue weighted by Crippen LogP contribution is 2.40. The van der Waals surface area contributed by atoms with Gasteiger partial charge in [-0.15, -0.1) is 5.10 Å². The quantitative estimate of drug-likeness (QED) is 0.654. The van der Waals surface area contributed by atoms with Crippen LogP contribution in [0.1, 0.15) is 28.5 Å². The third-order valence-corrected chi connectivity index (χ3v) is 3.87. The van der Waals surface area contributed by atoms with Gasteiger partial charge in [0.2, 0.25) is 5.82 Å². The van der Waals surface area contributed by atoms with E-state index in [4.69, 9.17) is 0 Å². The molecule has 1 saturated carbocycles. The van der Waals surface area contributed by atoms with Gasteiger partial charge < -0.3 is 5.32 Å². The van der Waals surface area contributed by atoms with Crippen LogP contribution in [0.5, 0.6) is 0 Å². The zero-order valence-electron chi connectivity index (χ0n) is 12.1. The molecular formula is C15H14N6O2.